The molecule has 0 aromatic heterocycles. The van der Waals surface area contributed by atoms with Crippen molar-refractivity contribution in [3.05, 3.63) is 0 Å². The van der Waals surface area contributed by atoms with Gasteiger partial charge < -0.3 is 18.7 Å². The predicted molar refractivity (Wildman–Crippen MR) is 91.3 cm³/mol. The minimum Gasteiger partial charge on any atom is -0.444 e. The highest BCUT2D eigenvalue weighted by atomic mass is 31.2. The van der Waals surface area contributed by atoms with Crippen molar-refractivity contribution in [1.82, 2.24) is 4.90 Å². The Morgan fingerprint density at radius 1 is 1.12 bits per heavy atom. The maximum Gasteiger partial charge on any atom is 0.410 e. The molecule has 1 amide bonds. The van der Waals surface area contributed by atoms with Crippen LogP contribution in [0.1, 0.15) is 46.5 Å². The van der Waals surface area contributed by atoms with Crippen molar-refractivity contribution in [1.29, 1.82) is 0 Å². The largest absolute Gasteiger partial charge is 0.444 e. The smallest absolute Gasteiger partial charge is 0.410 e. The highest BCUT2D eigenvalue weighted by Crippen LogP contribution is 2.46. The first-order chi connectivity index (χ1) is 11.1. The zero-order chi connectivity index (χ0) is 18.4. The van der Waals surface area contributed by atoms with Crippen molar-refractivity contribution in [2.45, 2.75) is 52.1 Å². The van der Waals surface area contributed by atoms with E-state index in [1.165, 1.54) is 14.2 Å². The average molecular weight is 363 g/mol. The molecule has 0 bridgehead atoms. The normalized spacial score (nSPS) is 17.0. The van der Waals surface area contributed by atoms with E-state index in [4.69, 9.17) is 13.8 Å². The van der Waals surface area contributed by atoms with Crippen LogP contribution in [0, 0.1) is 5.92 Å². The summed E-state index contributed by atoms with van der Waals surface area (Å²) in [5.74, 6) is 0.272. The van der Waals surface area contributed by atoms with Gasteiger partial charge in [-0.15, -0.1) is 0 Å². The van der Waals surface area contributed by atoms with Crippen LogP contribution in [0.25, 0.3) is 0 Å². The molecule has 7 nitrogen and oxygen atoms in total. The van der Waals surface area contributed by atoms with Crippen LogP contribution in [-0.4, -0.2) is 55.8 Å². The van der Waals surface area contributed by atoms with E-state index in [-0.39, 0.29) is 18.0 Å². The Balaban J connectivity index is 2.33. The fourth-order valence-electron chi connectivity index (χ4n) is 2.59. The molecule has 1 rings (SSSR count). The Morgan fingerprint density at radius 2 is 1.67 bits per heavy atom. The molecule has 0 aromatic carbocycles. The first-order valence-corrected chi connectivity index (χ1v) is 10.0. The fraction of sp³-hybridized carbons (Fsp3) is 0.875. The van der Waals surface area contributed by atoms with Gasteiger partial charge in [0.2, 0.25) is 0 Å². The number of piperidine rings is 1. The highest BCUT2D eigenvalue weighted by molar-refractivity contribution is 7.54. The monoisotopic (exact) mass is 363 g/mol. The summed E-state index contributed by atoms with van der Waals surface area (Å²) in [4.78, 5) is 25.6. The Hall–Kier alpha value is -0.910. The number of likely N-dealkylation sites (tertiary alicyclic amines) is 1. The van der Waals surface area contributed by atoms with Crippen molar-refractivity contribution in [2.75, 3.05) is 33.5 Å². The van der Waals surface area contributed by atoms with Gasteiger partial charge >= 0.3 is 13.7 Å². The van der Waals surface area contributed by atoms with Crippen LogP contribution in [0.3, 0.4) is 0 Å². The van der Waals surface area contributed by atoms with Crippen LogP contribution in [0.5, 0.6) is 0 Å². The molecule has 0 aliphatic carbocycles. The second-order valence-electron chi connectivity index (χ2n) is 7.12. The summed E-state index contributed by atoms with van der Waals surface area (Å²) in [5, 5.41) is 0. The summed E-state index contributed by atoms with van der Waals surface area (Å²) >= 11 is 0. The first kappa shape index (κ1) is 21.1. The number of ether oxygens (including phenoxy) is 1. The van der Waals surface area contributed by atoms with Crippen molar-refractivity contribution < 1.29 is 27.9 Å². The van der Waals surface area contributed by atoms with E-state index in [1.54, 1.807) is 4.90 Å². The molecule has 0 radical (unpaired) electrons. The molecule has 1 heterocycles. The van der Waals surface area contributed by atoms with Crippen LogP contribution in [0.2, 0.25) is 0 Å². The van der Waals surface area contributed by atoms with Gasteiger partial charge in [0.25, 0.3) is 0 Å². The maximum atomic E-state index is 12.0. The summed E-state index contributed by atoms with van der Waals surface area (Å²) in [7, 11) is -0.706. The zero-order valence-electron chi connectivity index (χ0n) is 15.4. The van der Waals surface area contributed by atoms with Gasteiger partial charge in [-0.25, -0.2) is 4.79 Å². The van der Waals surface area contributed by atoms with Crippen molar-refractivity contribution >= 4 is 19.5 Å². The van der Waals surface area contributed by atoms with Crippen molar-refractivity contribution in [2.24, 2.45) is 5.92 Å². The van der Waals surface area contributed by atoms with Gasteiger partial charge in [0.05, 0.1) is 0 Å². The van der Waals surface area contributed by atoms with Gasteiger partial charge in [0.15, 0.2) is 0 Å². The Morgan fingerprint density at radius 3 is 2.12 bits per heavy atom. The van der Waals surface area contributed by atoms with E-state index in [1.807, 2.05) is 20.8 Å². The van der Waals surface area contributed by atoms with Gasteiger partial charge in [-0.1, -0.05) is 0 Å². The lowest BCUT2D eigenvalue weighted by atomic mass is 9.91. The second kappa shape index (κ2) is 8.97. The lowest BCUT2D eigenvalue weighted by Gasteiger charge is -2.33. The lowest BCUT2D eigenvalue weighted by Crippen LogP contribution is -2.41. The number of rotatable bonds is 7. The van der Waals surface area contributed by atoms with E-state index >= 15 is 0 Å². The topological polar surface area (TPSA) is 82.1 Å². The summed E-state index contributed by atoms with van der Waals surface area (Å²) in [6.07, 6.45) is 2.31. The molecule has 1 saturated heterocycles. The molecular formula is C16H30NO6P. The SMILES string of the molecule is COP(=O)(CC(=O)CCC1CCN(C(=O)OC(C)(C)C)CC1)OC. The summed E-state index contributed by atoms with van der Waals surface area (Å²) in [5.41, 5.74) is -0.489. The number of hydrogen-bond donors (Lipinski definition) is 0. The Labute approximate surface area is 144 Å². The molecule has 0 spiro atoms. The molecule has 0 N–H and O–H groups in total. The van der Waals surface area contributed by atoms with Gasteiger partial charge in [-0.05, 0) is 46.0 Å². The number of carbonyl (C=O) groups excluding carboxylic acids is 2. The number of hydrogen-bond acceptors (Lipinski definition) is 6. The molecule has 0 aromatic rings. The molecule has 0 unspecified atom stereocenters. The number of amides is 1. The number of nitrogens with zero attached hydrogens (tertiary/aromatic N) is 1. The third kappa shape index (κ3) is 7.32. The third-order valence-corrected chi connectivity index (χ3v) is 5.88. The summed E-state index contributed by atoms with van der Waals surface area (Å²) in [6, 6.07) is 0. The van der Waals surface area contributed by atoms with E-state index < -0.39 is 13.2 Å². The van der Waals surface area contributed by atoms with Crippen LogP contribution in [0.4, 0.5) is 4.79 Å². The van der Waals surface area contributed by atoms with Gasteiger partial charge in [0, 0.05) is 33.7 Å². The molecule has 0 saturated carbocycles. The van der Waals surface area contributed by atoms with E-state index in [9.17, 15) is 14.2 Å². The van der Waals surface area contributed by atoms with Crippen molar-refractivity contribution in [3.8, 4) is 0 Å². The Bertz CT molecular complexity index is 471. The maximum absolute atomic E-state index is 12.0. The molecule has 140 valence electrons. The fourth-order valence-corrected chi connectivity index (χ4v) is 3.59. The number of Topliss-reactive ketones (excluding diaryl/α,β-unsaturated/α-hetero) is 1. The quantitative estimate of drug-likeness (QED) is 0.644. The third-order valence-electron chi connectivity index (χ3n) is 4.02. The highest BCUT2D eigenvalue weighted by Gasteiger charge is 2.28. The second-order valence-corrected chi connectivity index (χ2v) is 9.39. The van der Waals surface area contributed by atoms with Gasteiger partial charge in [-0.3, -0.25) is 9.36 Å². The standard InChI is InChI=1S/C16H30NO6P/c1-16(2,3)23-15(19)17-10-8-13(9-11-17)6-7-14(18)12-24(20,21-4)22-5/h13H,6-12H2,1-5H3. The molecular weight excluding hydrogens is 333 g/mol. The lowest BCUT2D eigenvalue weighted by molar-refractivity contribution is -0.117. The predicted octanol–water partition coefficient (Wildman–Crippen LogP) is 3.47. The molecule has 0 atom stereocenters. The van der Waals surface area contributed by atoms with Gasteiger partial charge in [0.1, 0.15) is 17.5 Å². The van der Waals surface area contributed by atoms with Gasteiger partial charge in [-0.2, -0.15) is 0 Å². The van der Waals surface area contributed by atoms with Crippen LogP contribution in [0.15, 0.2) is 0 Å². The summed E-state index contributed by atoms with van der Waals surface area (Å²) < 4.78 is 26.9. The van der Waals surface area contributed by atoms with E-state index in [0.29, 0.717) is 25.4 Å². The Kier molecular flexibility index (Phi) is 7.90. The van der Waals surface area contributed by atoms with E-state index in [0.717, 1.165) is 19.3 Å². The zero-order valence-corrected chi connectivity index (χ0v) is 16.3. The summed E-state index contributed by atoms with van der Waals surface area (Å²) in [6.45, 7) is 6.83. The van der Waals surface area contributed by atoms with Crippen molar-refractivity contribution in [3.63, 3.8) is 0 Å². The minimum absolute atomic E-state index is 0.114. The van der Waals surface area contributed by atoms with Crippen LogP contribution in [-0.2, 0) is 23.1 Å². The van der Waals surface area contributed by atoms with Crippen LogP contribution >= 0.6 is 7.60 Å². The molecule has 1 fully saturated rings. The molecule has 8 heteroatoms. The van der Waals surface area contributed by atoms with E-state index in [2.05, 4.69) is 0 Å². The average Bonchev–Trinajstić information content (AvgIpc) is 2.51. The molecule has 24 heavy (non-hydrogen) atoms. The van der Waals surface area contributed by atoms with Crippen LogP contribution < -0.4 is 0 Å². The minimum atomic E-state index is -3.27. The first-order valence-electron chi connectivity index (χ1n) is 8.28. The number of ketones is 1. The number of carbonyl (C=O) groups is 2. The molecule has 1 aliphatic rings. The molecule has 1 aliphatic heterocycles.